The van der Waals surface area contributed by atoms with Gasteiger partial charge in [0, 0.05) is 6.54 Å². The van der Waals surface area contributed by atoms with Gasteiger partial charge >= 0.3 is 0 Å². The van der Waals surface area contributed by atoms with Crippen LogP contribution in [0, 0.1) is 11.8 Å². The molecule has 1 atom stereocenters. The topological polar surface area (TPSA) is 29.3 Å². The van der Waals surface area contributed by atoms with E-state index in [0.717, 1.165) is 18.4 Å². The molecule has 0 aromatic carbocycles. The zero-order chi connectivity index (χ0) is 12.5. The molecule has 17 heavy (non-hydrogen) atoms. The number of piperidine rings is 1. The number of hydrogen-bond acceptors (Lipinski definition) is 2. The average Bonchev–Trinajstić information content (AvgIpc) is 2.37. The van der Waals surface area contributed by atoms with Crippen molar-refractivity contribution in [1.82, 2.24) is 4.90 Å². The summed E-state index contributed by atoms with van der Waals surface area (Å²) in [5.74, 6) is 1.84. The summed E-state index contributed by atoms with van der Waals surface area (Å²) in [6.45, 7) is 9.48. The molecule has 1 aliphatic heterocycles. The molecule has 0 saturated carbocycles. The highest BCUT2D eigenvalue weighted by Crippen LogP contribution is 2.22. The highest BCUT2D eigenvalue weighted by Gasteiger charge is 2.20. The van der Waals surface area contributed by atoms with Gasteiger partial charge in [-0.2, -0.15) is 0 Å². The number of nitrogens with zero attached hydrogens (tertiary/aromatic N) is 1. The van der Waals surface area contributed by atoms with E-state index < -0.39 is 0 Å². The Labute approximate surface area is 108 Å². The fourth-order valence-electron chi connectivity index (χ4n) is 2.98. The van der Waals surface area contributed by atoms with E-state index in [1.54, 1.807) is 0 Å². The molecule has 1 unspecified atom stereocenters. The summed E-state index contributed by atoms with van der Waals surface area (Å²) >= 11 is 0. The quantitative estimate of drug-likeness (QED) is 0.705. The summed E-state index contributed by atoms with van der Waals surface area (Å²) in [7, 11) is 0. The lowest BCUT2D eigenvalue weighted by Crippen LogP contribution is -2.37. The monoisotopic (exact) mass is 240 g/mol. The number of likely N-dealkylation sites (tertiary alicyclic amines) is 1. The minimum Gasteiger partial charge on any atom is -0.330 e. The molecule has 0 spiro atoms. The third-order valence-corrected chi connectivity index (χ3v) is 4.34. The predicted octanol–water partition coefficient (Wildman–Crippen LogP) is 3.26. The Balaban J connectivity index is 2.19. The maximum atomic E-state index is 5.64. The van der Waals surface area contributed by atoms with Gasteiger partial charge in [-0.25, -0.2) is 0 Å². The first-order chi connectivity index (χ1) is 8.30. The Morgan fingerprint density at radius 1 is 1.24 bits per heavy atom. The van der Waals surface area contributed by atoms with Gasteiger partial charge in [-0.15, -0.1) is 0 Å². The molecule has 1 rings (SSSR count). The maximum Gasteiger partial charge on any atom is 0.000956 e. The molecule has 2 nitrogen and oxygen atoms in total. The van der Waals surface area contributed by atoms with Gasteiger partial charge in [0.05, 0.1) is 0 Å². The van der Waals surface area contributed by atoms with Crippen LogP contribution in [0.15, 0.2) is 0 Å². The van der Waals surface area contributed by atoms with E-state index in [-0.39, 0.29) is 0 Å². The summed E-state index contributed by atoms with van der Waals surface area (Å²) in [6.07, 6.45) is 9.51. The van der Waals surface area contributed by atoms with Crippen molar-refractivity contribution in [3.05, 3.63) is 0 Å². The molecular weight excluding hydrogens is 208 g/mol. The summed E-state index contributed by atoms with van der Waals surface area (Å²) < 4.78 is 0. The van der Waals surface area contributed by atoms with Crippen molar-refractivity contribution in [2.75, 3.05) is 26.2 Å². The Kier molecular flexibility index (Phi) is 7.87. The van der Waals surface area contributed by atoms with Gasteiger partial charge in [-0.3, -0.25) is 0 Å². The van der Waals surface area contributed by atoms with Crippen LogP contribution < -0.4 is 5.73 Å². The van der Waals surface area contributed by atoms with E-state index in [9.17, 15) is 0 Å². The molecule has 2 N–H and O–H groups in total. The van der Waals surface area contributed by atoms with Gasteiger partial charge in [0.25, 0.3) is 0 Å². The Morgan fingerprint density at radius 2 is 1.94 bits per heavy atom. The molecule has 1 aliphatic rings. The first kappa shape index (κ1) is 15.0. The van der Waals surface area contributed by atoms with E-state index in [4.69, 9.17) is 5.73 Å². The molecule has 0 radical (unpaired) electrons. The Bertz CT molecular complexity index is 174. The third kappa shape index (κ3) is 5.87. The lowest BCUT2D eigenvalue weighted by Gasteiger charge is -2.34. The molecule has 0 aromatic heterocycles. The molecule has 0 amide bonds. The fourth-order valence-corrected chi connectivity index (χ4v) is 2.98. The Morgan fingerprint density at radius 3 is 2.47 bits per heavy atom. The van der Waals surface area contributed by atoms with Crippen molar-refractivity contribution in [3.8, 4) is 0 Å². The largest absolute Gasteiger partial charge is 0.330 e. The van der Waals surface area contributed by atoms with Crippen molar-refractivity contribution >= 4 is 0 Å². The maximum absolute atomic E-state index is 5.64. The van der Waals surface area contributed by atoms with E-state index in [1.165, 1.54) is 64.6 Å². The lowest BCUT2D eigenvalue weighted by molar-refractivity contribution is 0.152. The van der Waals surface area contributed by atoms with Crippen LogP contribution in [0.25, 0.3) is 0 Å². The second-order valence-corrected chi connectivity index (χ2v) is 5.74. The SMILES string of the molecule is CCCCC(CC)CN1CCC(CCN)CC1. The van der Waals surface area contributed by atoms with Crippen LogP contribution in [0.4, 0.5) is 0 Å². The highest BCUT2D eigenvalue weighted by molar-refractivity contribution is 4.74. The third-order valence-electron chi connectivity index (χ3n) is 4.34. The second-order valence-electron chi connectivity index (χ2n) is 5.74. The normalized spacial score (nSPS) is 20.6. The van der Waals surface area contributed by atoms with Crippen LogP contribution in [0.3, 0.4) is 0 Å². The molecular formula is C15H32N2. The predicted molar refractivity (Wildman–Crippen MR) is 76.1 cm³/mol. The average molecular weight is 240 g/mol. The summed E-state index contributed by atoms with van der Waals surface area (Å²) in [5, 5.41) is 0. The van der Waals surface area contributed by atoms with Crippen LogP contribution in [0.5, 0.6) is 0 Å². The van der Waals surface area contributed by atoms with Crippen LogP contribution in [0.1, 0.15) is 58.8 Å². The smallest absolute Gasteiger partial charge is 0.000956 e. The van der Waals surface area contributed by atoms with Crippen LogP contribution >= 0.6 is 0 Å². The van der Waals surface area contributed by atoms with E-state index in [0.29, 0.717) is 0 Å². The first-order valence-corrected chi connectivity index (χ1v) is 7.72. The minimum atomic E-state index is 0.874. The number of unbranched alkanes of at least 4 members (excludes halogenated alkanes) is 1. The Hall–Kier alpha value is -0.0800. The molecule has 1 heterocycles. The summed E-state index contributed by atoms with van der Waals surface area (Å²) in [4.78, 5) is 2.69. The summed E-state index contributed by atoms with van der Waals surface area (Å²) in [6, 6.07) is 0. The number of hydrogen-bond donors (Lipinski definition) is 1. The standard InChI is InChI=1S/C15H32N2/c1-3-5-6-14(4-2)13-17-11-8-15(7-10-16)9-12-17/h14-15H,3-13,16H2,1-2H3. The van der Waals surface area contributed by atoms with Gasteiger partial charge in [0.2, 0.25) is 0 Å². The zero-order valence-corrected chi connectivity index (χ0v) is 12.0. The van der Waals surface area contributed by atoms with E-state index in [2.05, 4.69) is 18.7 Å². The molecule has 1 saturated heterocycles. The zero-order valence-electron chi connectivity index (χ0n) is 12.0. The number of nitrogens with two attached hydrogens (primary N) is 1. The molecule has 1 fully saturated rings. The van der Waals surface area contributed by atoms with Crippen molar-refractivity contribution in [1.29, 1.82) is 0 Å². The van der Waals surface area contributed by atoms with Crippen molar-refractivity contribution in [2.45, 2.75) is 58.8 Å². The summed E-state index contributed by atoms with van der Waals surface area (Å²) in [5.41, 5.74) is 5.64. The van der Waals surface area contributed by atoms with Crippen molar-refractivity contribution < 1.29 is 0 Å². The fraction of sp³-hybridized carbons (Fsp3) is 1.00. The van der Waals surface area contributed by atoms with Crippen LogP contribution in [0.2, 0.25) is 0 Å². The molecule has 0 bridgehead atoms. The van der Waals surface area contributed by atoms with Crippen molar-refractivity contribution in [3.63, 3.8) is 0 Å². The number of rotatable bonds is 8. The minimum absolute atomic E-state index is 0.874. The second kappa shape index (κ2) is 8.93. The van der Waals surface area contributed by atoms with E-state index >= 15 is 0 Å². The molecule has 0 aromatic rings. The molecule has 2 heteroatoms. The van der Waals surface area contributed by atoms with Gasteiger partial charge in [0.15, 0.2) is 0 Å². The first-order valence-electron chi connectivity index (χ1n) is 7.72. The highest BCUT2D eigenvalue weighted by atomic mass is 15.1. The van der Waals surface area contributed by atoms with Gasteiger partial charge in [-0.1, -0.05) is 33.1 Å². The lowest BCUT2D eigenvalue weighted by atomic mass is 9.92. The van der Waals surface area contributed by atoms with Gasteiger partial charge in [-0.05, 0) is 57.2 Å². The van der Waals surface area contributed by atoms with E-state index in [1.807, 2.05) is 0 Å². The van der Waals surface area contributed by atoms with Crippen LogP contribution in [-0.2, 0) is 0 Å². The van der Waals surface area contributed by atoms with Crippen molar-refractivity contribution in [2.24, 2.45) is 17.6 Å². The molecule has 102 valence electrons. The van der Waals surface area contributed by atoms with Gasteiger partial charge in [0.1, 0.15) is 0 Å². The van der Waals surface area contributed by atoms with Crippen LogP contribution in [-0.4, -0.2) is 31.1 Å². The van der Waals surface area contributed by atoms with Gasteiger partial charge < -0.3 is 10.6 Å². The molecule has 0 aliphatic carbocycles.